The second-order valence-corrected chi connectivity index (χ2v) is 7.98. The van der Waals surface area contributed by atoms with Gasteiger partial charge in [0, 0.05) is 25.7 Å². The molecule has 6 heteroatoms. The van der Waals surface area contributed by atoms with Crippen molar-refractivity contribution in [2.45, 2.75) is 85.0 Å². The van der Waals surface area contributed by atoms with E-state index in [4.69, 9.17) is 22.8 Å². The first-order valence-electron chi connectivity index (χ1n) is 8.32. The van der Waals surface area contributed by atoms with Crippen LogP contribution in [0.5, 0.6) is 0 Å². The minimum atomic E-state index is -2.66. The first kappa shape index (κ1) is 19.1. The molecule has 0 aromatic heterocycles. The predicted molar refractivity (Wildman–Crippen MR) is 83.9 cm³/mol. The Hall–Kier alpha value is 0.0169. The zero-order chi connectivity index (χ0) is 15.9. The van der Waals surface area contributed by atoms with E-state index in [0.717, 1.165) is 25.3 Å². The molecule has 0 amide bonds. The molecule has 0 bridgehead atoms. The van der Waals surface area contributed by atoms with Crippen molar-refractivity contribution in [3.05, 3.63) is 0 Å². The van der Waals surface area contributed by atoms with Crippen LogP contribution in [-0.4, -0.2) is 40.2 Å². The van der Waals surface area contributed by atoms with Crippen molar-refractivity contribution >= 4 is 8.80 Å². The fraction of sp³-hybridized carbons (Fsp3) is 1.00. The highest BCUT2D eigenvalue weighted by molar-refractivity contribution is 6.60. The van der Waals surface area contributed by atoms with Crippen molar-refractivity contribution in [1.29, 1.82) is 0 Å². The van der Waals surface area contributed by atoms with E-state index in [9.17, 15) is 0 Å². The van der Waals surface area contributed by atoms with Gasteiger partial charge in [0.2, 0.25) is 0 Å². The van der Waals surface area contributed by atoms with E-state index in [1.54, 1.807) is 0 Å². The summed E-state index contributed by atoms with van der Waals surface area (Å²) in [5.41, 5.74) is 0. The molecule has 21 heavy (non-hydrogen) atoms. The van der Waals surface area contributed by atoms with Crippen LogP contribution in [0.2, 0.25) is 6.04 Å². The number of hydrogen-bond acceptors (Lipinski definition) is 5. The summed E-state index contributed by atoms with van der Waals surface area (Å²) < 4.78 is 30.0. The SMILES string of the molecule is CCC[Si](OCC)(OCC)OC(C)C1(CC)OC(CC)O1. The van der Waals surface area contributed by atoms with Gasteiger partial charge in [0.25, 0.3) is 0 Å². The maximum atomic E-state index is 6.29. The van der Waals surface area contributed by atoms with Gasteiger partial charge in [-0.15, -0.1) is 0 Å². The molecule has 1 rings (SSSR count). The van der Waals surface area contributed by atoms with Crippen molar-refractivity contribution in [3.63, 3.8) is 0 Å². The fourth-order valence-electron chi connectivity index (χ4n) is 2.68. The lowest BCUT2D eigenvalue weighted by Gasteiger charge is -2.51. The van der Waals surface area contributed by atoms with E-state index in [1.807, 2.05) is 27.7 Å². The molecule has 1 aliphatic rings. The molecule has 5 nitrogen and oxygen atoms in total. The summed E-state index contributed by atoms with van der Waals surface area (Å²) in [6.45, 7) is 13.3. The molecule has 1 atom stereocenters. The maximum Gasteiger partial charge on any atom is 0.501 e. The zero-order valence-corrected chi connectivity index (χ0v) is 15.4. The largest absolute Gasteiger partial charge is 0.501 e. The molecule has 0 aromatic carbocycles. The zero-order valence-electron chi connectivity index (χ0n) is 14.4. The Kier molecular flexibility index (Phi) is 7.81. The summed E-state index contributed by atoms with van der Waals surface area (Å²) >= 11 is 0. The highest BCUT2D eigenvalue weighted by Crippen LogP contribution is 2.39. The fourth-order valence-corrected chi connectivity index (χ4v) is 5.52. The van der Waals surface area contributed by atoms with Crippen molar-refractivity contribution in [3.8, 4) is 0 Å². The van der Waals surface area contributed by atoms with Gasteiger partial charge in [-0.25, -0.2) is 0 Å². The summed E-state index contributed by atoms with van der Waals surface area (Å²) in [5.74, 6) is -0.652. The van der Waals surface area contributed by atoms with Gasteiger partial charge >= 0.3 is 8.80 Å². The van der Waals surface area contributed by atoms with Crippen molar-refractivity contribution < 1.29 is 22.8 Å². The van der Waals surface area contributed by atoms with E-state index in [0.29, 0.717) is 13.2 Å². The quantitative estimate of drug-likeness (QED) is 0.543. The van der Waals surface area contributed by atoms with Gasteiger partial charge in [-0.2, -0.15) is 0 Å². The second-order valence-electron chi connectivity index (χ2n) is 5.30. The second kappa shape index (κ2) is 8.60. The lowest BCUT2D eigenvalue weighted by atomic mass is 10.1. The van der Waals surface area contributed by atoms with Crippen LogP contribution in [0.25, 0.3) is 0 Å². The van der Waals surface area contributed by atoms with Crippen LogP contribution in [0.3, 0.4) is 0 Å². The average Bonchev–Trinajstić information content (AvgIpc) is 2.39. The summed E-state index contributed by atoms with van der Waals surface area (Å²) in [4.78, 5) is 0. The van der Waals surface area contributed by atoms with Crippen LogP contribution in [0.1, 0.15) is 60.8 Å². The molecule has 0 radical (unpaired) electrons. The Morgan fingerprint density at radius 1 is 1.05 bits per heavy atom. The van der Waals surface area contributed by atoms with Crippen molar-refractivity contribution in [2.75, 3.05) is 13.2 Å². The lowest BCUT2D eigenvalue weighted by molar-refractivity contribution is -0.472. The normalized spacial score (nSPS) is 27.4. The Bertz CT molecular complexity index is 277. The average molecular weight is 321 g/mol. The van der Waals surface area contributed by atoms with Gasteiger partial charge in [-0.1, -0.05) is 27.2 Å². The van der Waals surface area contributed by atoms with Crippen LogP contribution in [-0.2, 0) is 22.8 Å². The lowest BCUT2D eigenvalue weighted by Crippen LogP contribution is -2.63. The number of hydrogen-bond donors (Lipinski definition) is 0. The first-order chi connectivity index (χ1) is 10.0. The van der Waals surface area contributed by atoms with Gasteiger partial charge in [-0.05, 0) is 27.2 Å². The number of ether oxygens (including phenoxy) is 2. The van der Waals surface area contributed by atoms with Crippen LogP contribution >= 0.6 is 0 Å². The van der Waals surface area contributed by atoms with Gasteiger partial charge in [0.15, 0.2) is 12.1 Å². The molecule has 1 saturated heterocycles. The van der Waals surface area contributed by atoms with Gasteiger partial charge in [-0.3, -0.25) is 0 Å². The minimum Gasteiger partial charge on any atom is -0.374 e. The molecule has 1 unspecified atom stereocenters. The molecule has 0 saturated carbocycles. The van der Waals surface area contributed by atoms with E-state index >= 15 is 0 Å². The van der Waals surface area contributed by atoms with Gasteiger partial charge in [0.05, 0.1) is 0 Å². The Morgan fingerprint density at radius 3 is 2.00 bits per heavy atom. The molecular formula is C15H32O5Si. The number of rotatable bonds is 11. The topological polar surface area (TPSA) is 46.2 Å². The molecule has 1 aliphatic heterocycles. The molecule has 0 aromatic rings. The molecule has 1 fully saturated rings. The van der Waals surface area contributed by atoms with Crippen LogP contribution in [0.15, 0.2) is 0 Å². The molecule has 1 heterocycles. The van der Waals surface area contributed by atoms with E-state index < -0.39 is 14.6 Å². The predicted octanol–water partition coefficient (Wildman–Crippen LogP) is 3.70. The van der Waals surface area contributed by atoms with Gasteiger partial charge < -0.3 is 22.8 Å². The Labute approximate surface area is 130 Å². The minimum absolute atomic E-state index is 0.113. The Morgan fingerprint density at radius 2 is 1.62 bits per heavy atom. The molecular weight excluding hydrogens is 288 g/mol. The molecule has 126 valence electrons. The van der Waals surface area contributed by atoms with Crippen molar-refractivity contribution in [1.82, 2.24) is 0 Å². The third-order valence-corrected chi connectivity index (χ3v) is 7.03. The summed E-state index contributed by atoms with van der Waals surface area (Å²) in [7, 11) is -2.66. The summed E-state index contributed by atoms with van der Waals surface area (Å²) in [6.07, 6.45) is 2.25. The third-order valence-electron chi connectivity index (χ3n) is 3.75. The van der Waals surface area contributed by atoms with Crippen molar-refractivity contribution in [2.24, 2.45) is 0 Å². The third kappa shape index (κ3) is 4.50. The highest BCUT2D eigenvalue weighted by atomic mass is 28.4. The standard InChI is InChI=1S/C15H32O5Si/c1-7-12-21(16-10-4,17-11-5)20-13(6)15(9-3)18-14(8-2)19-15/h13-14H,7-12H2,1-6H3. The van der Waals surface area contributed by atoms with Crippen LogP contribution < -0.4 is 0 Å². The monoisotopic (exact) mass is 320 g/mol. The Balaban J connectivity index is 2.76. The molecule has 0 N–H and O–H groups in total. The van der Waals surface area contributed by atoms with Crippen LogP contribution in [0, 0.1) is 0 Å². The van der Waals surface area contributed by atoms with E-state index in [2.05, 4.69) is 13.8 Å². The molecule has 0 spiro atoms. The highest BCUT2D eigenvalue weighted by Gasteiger charge is 2.53. The van der Waals surface area contributed by atoms with Gasteiger partial charge in [0.1, 0.15) is 6.10 Å². The maximum absolute atomic E-state index is 6.29. The first-order valence-corrected chi connectivity index (χ1v) is 10.3. The summed E-state index contributed by atoms with van der Waals surface area (Å²) in [6, 6.07) is 0.815. The summed E-state index contributed by atoms with van der Waals surface area (Å²) in [5, 5.41) is 0. The molecule has 0 aliphatic carbocycles. The van der Waals surface area contributed by atoms with Crippen LogP contribution in [0.4, 0.5) is 0 Å². The van der Waals surface area contributed by atoms with E-state index in [1.165, 1.54) is 0 Å². The van der Waals surface area contributed by atoms with E-state index in [-0.39, 0.29) is 12.4 Å². The smallest absolute Gasteiger partial charge is 0.374 e.